The van der Waals surface area contributed by atoms with Gasteiger partial charge in [0, 0.05) is 42.4 Å². The molecule has 1 heterocycles. The number of hydrogen-bond acceptors (Lipinski definition) is 4. The highest BCUT2D eigenvalue weighted by Gasteiger charge is 2.52. The van der Waals surface area contributed by atoms with Gasteiger partial charge in [0.1, 0.15) is 5.75 Å². The monoisotopic (exact) mass is 365 g/mol. The Morgan fingerprint density at radius 2 is 2.11 bits per heavy atom. The number of unbranched alkanes of at least 4 members (excludes halogenated alkanes) is 1. The summed E-state index contributed by atoms with van der Waals surface area (Å²) in [6, 6.07) is 7.73. The lowest BCUT2D eigenvalue weighted by Gasteiger charge is -2.18. The smallest absolute Gasteiger partial charge is 0.264 e. The Morgan fingerprint density at radius 1 is 1.33 bits per heavy atom. The molecule has 1 aliphatic rings. The molecule has 1 aromatic carbocycles. The number of nitrogens with two attached hydrogens (primary N) is 1. The highest BCUT2D eigenvalue weighted by molar-refractivity contribution is 5.88. The van der Waals surface area contributed by atoms with Crippen LogP contribution in [0.4, 0.5) is 5.69 Å². The lowest BCUT2D eigenvalue weighted by molar-refractivity contribution is -0.129. The average Bonchev–Trinajstić information content (AvgIpc) is 3.44. The first-order valence-electron chi connectivity index (χ1n) is 9.43. The average molecular weight is 365 g/mol. The Balaban J connectivity index is 1.75. The van der Waals surface area contributed by atoms with E-state index >= 15 is 0 Å². The van der Waals surface area contributed by atoms with Crippen molar-refractivity contribution in [1.29, 1.82) is 0 Å². The minimum atomic E-state index is -0.752. The van der Waals surface area contributed by atoms with Gasteiger partial charge in [0.2, 0.25) is 0 Å². The van der Waals surface area contributed by atoms with Gasteiger partial charge < -0.3 is 15.8 Å². The zero-order valence-electron chi connectivity index (χ0n) is 16.0. The molecule has 3 N–H and O–H groups in total. The van der Waals surface area contributed by atoms with Gasteiger partial charge in [-0.2, -0.15) is 0 Å². The number of hydrogen-bond donors (Lipinski definition) is 2. The number of benzene rings is 1. The highest BCUT2D eigenvalue weighted by atomic mass is 16.5. The van der Waals surface area contributed by atoms with Crippen molar-refractivity contribution < 1.29 is 9.53 Å². The van der Waals surface area contributed by atoms with Crippen molar-refractivity contribution in [1.82, 2.24) is 10.3 Å². The first-order valence-corrected chi connectivity index (χ1v) is 9.43. The predicted molar refractivity (Wildman–Crippen MR) is 108 cm³/mol. The van der Waals surface area contributed by atoms with Crippen molar-refractivity contribution >= 4 is 17.2 Å². The zero-order chi connectivity index (χ0) is 19.4. The van der Waals surface area contributed by atoms with Gasteiger partial charge in [0.25, 0.3) is 5.91 Å². The van der Waals surface area contributed by atoms with Gasteiger partial charge in [0.05, 0.1) is 6.20 Å². The Kier molecular flexibility index (Phi) is 5.49. The zero-order valence-corrected chi connectivity index (χ0v) is 16.0. The molecule has 0 spiro atoms. The summed E-state index contributed by atoms with van der Waals surface area (Å²) >= 11 is 0. The molecular weight excluding hydrogens is 338 g/mol. The summed E-state index contributed by atoms with van der Waals surface area (Å²) in [6.45, 7) is 8.98. The summed E-state index contributed by atoms with van der Waals surface area (Å²) in [5.41, 5.74) is 9.63. The van der Waals surface area contributed by atoms with E-state index in [1.165, 1.54) is 0 Å². The number of aryl methyl sites for hydroxylation is 1. The van der Waals surface area contributed by atoms with Crippen LogP contribution in [0.5, 0.6) is 5.75 Å². The van der Waals surface area contributed by atoms with Crippen molar-refractivity contribution in [3.63, 3.8) is 0 Å². The maximum Gasteiger partial charge on any atom is 0.264 e. The number of nitrogen functional groups attached to an aromatic ring is 1. The first kappa shape index (κ1) is 19.0. The van der Waals surface area contributed by atoms with Crippen molar-refractivity contribution in [2.45, 2.75) is 45.1 Å². The number of nitrogens with one attached hydrogen (secondary N) is 1. The van der Waals surface area contributed by atoms with Crippen LogP contribution in [0.25, 0.3) is 5.57 Å². The number of carbonyl (C=O) groups excluding carboxylic acids is 1. The van der Waals surface area contributed by atoms with E-state index in [0.29, 0.717) is 18.0 Å². The van der Waals surface area contributed by atoms with Crippen molar-refractivity contribution in [2.75, 3.05) is 12.3 Å². The molecule has 0 atom stereocenters. The van der Waals surface area contributed by atoms with Crippen molar-refractivity contribution in [3.8, 4) is 5.75 Å². The molecule has 27 heavy (non-hydrogen) atoms. The van der Waals surface area contributed by atoms with Crippen molar-refractivity contribution in [3.05, 3.63) is 59.9 Å². The standard InChI is InChI=1S/C22H27N3O2/c1-4-5-10-25-21(26)22(8-9-22)27-18-12-17(13-24-14-18)16(3)19-11-15(2)6-7-20(19)23/h6-7,11-14H,3-5,8-10,23H2,1-2H3,(H,25,26). The van der Waals surface area contributed by atoms with Gasteiger partial charge in [-0.25, -0.2) is 0 Å². The van der Waals surface area contributed by atoms with Gasteiger partial charge in [-0.05, 0) is 37.1 Å². The second kappa shape index (κ2) is 7.82. The molecule has 1 saturated carbocycles. The quantitative estimate of drug-likeness (QED) is 0.550. The summed E-state index contributed by atoms with van der Waals surface area (Å²) in [5, 5.41) is 2.97. The number of carbonyl (C=O) groups is 1. The highest BCUT2D eigenvalue weighted by Crippen LogP contribution is 2.41. The number of ether oxygens (including phenoxy) is 1. The molecule has 1 fully saturated rings. The summed E-state index contributed by atoms with van der Waals surface area (Å²) in [7, 11) is 0. The molecule has 1 amide bonds. The molecule has 1 aromatic heterocycles. The van der Waals surface area contributed by atoms with Crippen LogP contribution in [-0.2, 0) is 4.79 Å². The Hall–Kier alpha value is -2.82. The van der Waals surface area contributed by atoms with E-state index < -0.39 is 5.60 Å². The molecular formula is C22H27N3O2. The molecule has 0 radical (unpaired) electrons. The second-order valence-corrected chi connectivity index (χ2v) is 7.18. The second-order valence-electron chi connectivity index (χ2n) is 7.18. The summed E-state index contributed by atoms with van der Waals surface area (Å²) in [6.07, 6.45) is 6.83. The number of rotatable bonds is 8. The van der Waals surface area contributed by atoms with Crippen LogP contribution >= 0.6 is 0 Å². The van der Waals surface area contributed by atoms with E-state index in [9.17, 15) is 4.79 Å². The van der Waals surface area contributed by atoms with E-state index in [0.717, 1.165) is 47.9 Å². The third-order valence-corrected chi connectivity index (χ3v) is 4.84. The van der Waals surface area contributed by atoms with Gasteiger partial charge in [-0.15, -0.1) is 0 Å². The number of aromatic nitrogens is 1. The van der Waals surface area contributed by atoms with E-state index in [2.05, 4.69) is 23.8 Å². The maximum atomic E-state index is 12.4. The molecule has 0 unspecified atom stereocenters. The van der Waals surface area contributed by atoms with Gasteiger partial charge >= 0.3 is 0 Å². The summed E-state index contributed by atoms with van der Waals surface area (Å²) < 4.78 is 6.04. The molecule has 142 valence electrons. The third kappa shape index (κ3) is 4.30. The number of anilines is 1. The molecule has 3 rings (SSSR count). The fourth-order valence-corrected chi connectivity index (χ4v) is 2.98. The summed E-state index contributed by atoms with van der Waals surface area (Å²) in [5.74, 6) is 0.533. The predicted octanol–water partition coefficient (Wildman–Crippen LogP) is 3.86. The Labute approximate surface area is 160 Å². The lowest BCUT2D eigenvalue weighted by Crippen LogP contribution is -2.40. The number of pyridine rings is 1. The van der Waals surface area contributed by atoms with Crippen LogP contribution in [-0.4, -0.2) is 23.0 Å². The molecule has 0 saturated heterocycles. The van der Waals surface area contributed by atoms with Crippen LogP contribution < -0.4 is 15.8 Å². The minimum absolute atomic E-state index is 0.0388. The normalized spacial score (nSPS) is 14.4. The fourth-order valence-electron chi connectivity index (χ4n) is 2.98. The summed E-state index contributed by atoms with van der Waals surface area (Å²) in [4.78, 5) is 16.7. The molecule has 1 aliphatic carbocycles. The van der Waals surface area contributed by atoms with Gasteiger partial charge in [-0.3, -0.25) is 9.78 Å². The SMILES string of the molecule is C=C(c1cncc(OC2(C(=O)NCCCC)CC2)c1)c1cc(C)ccc1N. The van der Waals surface area contributed by atoms with Gasteiger partial charge in [0.15, 0.2) is 5.60 Å². The molecule has 2 aromatic rings. The lowest BCUT2D eigenvalue weighted by atomic mass is 9.98. The van der Waals surface area contributed by atoms with E-state index in [4.69, 9.17) is 10.5 Å². The van der Waals surface area contributed by atoms with Crippen LogP contribution in [0.2, 0.25) is 0 Å². The van der Waals surface area contributed by atoms with Crippen LogP contribution in [0, 0.1) is 6.92 Å². The van der Waals surface area contributed by atoms with E-state index in [1.54, 1.807) is 12.4 Å². The molecule has 0 aliphatic heterocycles. The number of nitrogens with zero attached hydrogens (tertiary/aromatic N) is 1. The van der Waals surface area contributed by atoms with Gasteiger partial charge in [-0.1, -0.05) is 31.6 Å². The third-order valence-electron chi connectivity index (χ3n) is 4.84. The Morgan fingerprint density at radius 3 is 2.81 bits per heavy atom. The molecule has 5 nitrogen and oxygen atoms in total. The van der Waals surface area contributed by atoms with E-state index in [1.807, 2.05) is 31.2 Å². The topological polar surface area (TPSA) is 77.2 Å². The van der Waals surface area contributed by atoms with E-state index in [-0.39, 0.29) is 5.91 Å². The van der Waals surface area contributed by atoms with Crippen LogP contribution in [0.1, 0.15) is 49.3 Å². The van der Waals surface area contributed by atoms with Crippen LogP contribution in [0.15, 0.2) is 43.2 Å². The van der Waals surface area contributed by atoms with Crippen LogP contribution in [0.3, 0.4) is 0 Å². The molecule has 0 bridgehead atoms. The Bertz CT molecular complexity index is 856. The maximum absolute atomic E-state index is 12.4. The largest absolute Gasteiger partial charge is 0.476 e. The first-order chi connectivity index (χ1) is 12.9. The fraction of sp³-hybridized carbons (Fsp3) is 0.364. The van der Waals surface area contributed by atoms with Crippen molar-refractivity contribution in [2.24, 2.45) is 0 Å². The minimum Gasteiger partial charge on any atom is -0.476 e. The number of amides is 1. The molecule has 5 heteroatoms.